The average molecular weight is 353 g/mol. The number of carbonyl (C=O) groups is 1. The molecule has 2 aromatic rings. The Morgan fingerprint density at radius 3 is 2.61 bits per heavy atom. The molecule has 1 aliphatic rings. The van der Waals surface area contributed by atoms with Crippen molar-refractivity contribution < 1.29 is 9.90 Å². The number of nitrogens with zero attached hydrogens (tertiary/aromatic N) is 4. The Morgan fingerprint density at radius 1 is 1.30 bits per heavy atom. The summed E-state index contributed by atoms with van der Waals surface area (Å²) >= 11 is 7.92. The van der Waals surface area contributed by atoms with Crippen molar-refractivity contribution in [1.82, 2.24) is 14.9 Å². The fourth-order valence-corrected chi connectivity index (χ4v) is 3.72. The lowest BCUT2D eigenvalue weighted by molar-refractivity contribution is 0.0696. The Hall–Kier alpha value is -1.70. The van der Waals surface area contributed by atoms with Gasteiger partial charge in [0.1, 0.15) is 5.82 Å². The molecule has 6 nitrogen and oxygen atoms in total. The SMILES string of the molecule is Cc1ncc(CN2CCN(c3ncc(C(=O)O)cc3Cl)CC2)s1. The van der Waals surface area contributed by atoms with Crippen LogP contribution < -0.4 is 4.90 Å². The predicted molar refractivity (Wildman–Crippen MR) is 90.5 cm³/mol. The smallest absolute Gasteiger partial charge is 0.337 e. The summed E-state index contributed by atoms with van der Waals surface area (Å²) in [6.07, 6.45) is 3.30. The average Bonchev–Trinajstić information content (AvgIpc) is 2.93. The summed E-state index contributed by atoms with van der Waals surface area (Å²) in [7, 11) is 0. The molecule has 122 valence electrons. The number of anilines is 1. The molecule has 0 aromatic carbocycles. The maximum atomic E-state index is 10.9. The van der Waals surface area contributed by atoms with Gasteiger partial charge < -0.3 is 10.0 Å². The van der Waals surface area contributed by atoms with Crippen LogP contribution in [-0.4, -0.2) is 52.1 Å². The molecule has 8 heteroatoms. The van der Waals surface area contributed by atoms with Crippen LogP contribution in [0.1, 0.15) is 20.2 Å². The molecule has 3 rings (SSSR count). The van der Waals surface area contributed by atoms with Crippen molar-refractivity contribution in [2.75, 3.05) is 31.1 Å². The summed E-state index contributed by atoms with van der Waals surface area (Å²) < 4.78 is 0. The number of carboxylic acid groups (broad SMARTS) is 1. The lowest BCUT2D eigenvalue weighted by atomic mass is 10.2. The van der Waals surface area contributed by atoms with Gasteiger partial charge in [0.05, 0.1) is 15.6 Å². The van der Waals surface area contributed by atoms with E-state index in [2.05, 4.69) is 19.8 Å². The summed E-state index contributed by atoms with van der Waals surface area (Å²) in [5.41, 5.74) is 0.109. The first-order valence-electron chi connectivity index (χ1n) is 7.30. The van der Waals surface area contributed by atoms with Crippen LogP contribution >= 0.6 is 22.9 Å². The van der Waals surface area contributed by atoms with E-state index in [1.54, 1.807) is 11.3 Å². The van der Waals surface area contributed by atoms with Crippen LogP contribution in [0.3, 0.4) is 0 Å². The normalized spacial score (nSPS) is 15.8. The highest BCUT2D eigenvalue weighted by Gasteiger charge is 2.21. The van der Waals surface area contributed by atoms with E-state index in [1.165, 1.54) is 17.1 Å². The number of hydrogen-bond acceptors (Lipinski definition) is 6. The Bertz CT molecular complexity index is 713. The van der Waals surface area contributed by atoms with Gasteiger partial charge in [-0.1, -0.05) is 11.6 Å². The second-order valence-electron chi connectivity index (χ2n) is 5.44. The molecule has 0 atom stereocenters. The zero-order valence-electron chi connectivity index (χ0n) is 12.7. The highest BCUT2D eigenvalue weighted by molar-refractivity contribution is 7.11. The Morgan fingerprint density at radius 2 is 2.04 bits per heavy atom. The Balaban J connectivity index is 1.61. The summed E-state index contributed by atoms with van der Waals surface area (Å²) in [6.45, 7) is 6.39. The minimum atomic E-state index is -1.02. The van der Waals surface area contributed by atoms with Gasteiger partial charge in [-0.3, -0.25) is 4.90 Å². The van der Waals surface area contributed by atoms with Crippen molar-refractivity contribution in [2.45, 2.75) is 13.5 Å². The second kappa shape index (κ2) is 6.82. The largest absolute Gasteiger partial charge is 0.478 e. The van der Waals surface area contributed by atoms with E-state index in [4.69, 9.17) is 16.7 Å². The number of carboxylic acids is 1. The first-order chi connectivity index (χ1) is 11.0. The molecule has 23 heavy (non-hydrogen) atoms. The number of rotatable bonds is 4. The van der Waals surface area contributed by atoms with E-state index in [0.717, 1.165) is 37.7 Å². The summed E-state index contributed by atoms with van der Waals surface area (Å²) in [6, 6.07) is 1.46. The summed E-state index contributed by atoms with van der Waals surface area (Å²) in [5.74, 6) is -0.361. The number of aromatic carboxylic acids is 1. The molecular weight excluding hydrogens is 336 g/mol. The molecule has 2 aromatic heterocycles. The van der Waals surface area contributed by atoms with Crippen molar-refractivity contribution in [3.63, 3.8) is 0 Å². The molecule has 0 spiro atoms. The van der Waals surface area contributed by atoms with Crippen LogP contribution in [0.2, 0.25) is 5.02 Å². The Kier molecular flexibility index (Phi) is 4.79. The van der Waals surface area contributed by atoms with E-state index < -0.39 is 5.97 Å². The van der Waals surface area contributed by atoms with Gasteiger partial charge in [-0.25, -0.2) is 14.8 Å². The van der Waals surface area contributed by atoms with E-state index >= 15 is 0 Å². The number of halogens is 1. The van der Waals surface area contributed by atoms with Gasteiger partial charge in [0, 0.05) is 50.0 Å². The third-order valence-corrected chi connectivity index (χ3v) is 4.96. The fraction of sp³-hybridized carbons (Fsp3) is 0.400. The molecule has 1 N–H and O–H groups in total. The van der Waals surface area contributed by atoms with Crippen LogP contribution in [0.25, 0.3) is 0 Å². The summed E-state index contributed by atoms with van der Waals surface area (Å²) in [4.78, 5) is 25.2. The number of aryl methyl sites for hydroxylation is 1. The molecule has 1 saturated heterocycles. The molecule has 1 aliphatic heterocycles. The molecule has 1 fully saturated rings. The monoisotopic (exact) mass is 352 g/mol. The zero-order chi connectivity index (χ0) is 16.4. The highest BCUT2D eigenvalue weighted by atomic mass is 35.5. The van der Waals surface area contributed by atoms with Crippen LogP contribution in [0, 0.1) is 6.92 Å². The van der Waals surface area contributed by atoms with Crippen LogP contribution in [0.15, 0.2) is 18.5 Å². The molecular formula is C15H17ClN4O2S. The number of aromatic nitrogens is 2. The van der Waals surface area contributed by atoms with Crippen molar-refractivity contribution in [3.05, 3.63) is 38.9 Å². The van der Waals surface area contributed by atoms with Gasteiger partial charge in [-0.2, -0.15) is 0 Å². The number of hydrogen-bond donors (Lipinski definition) is 1. The van der Waals surface area contributed by atoms with Crippen molar-refractivity contribution >= 4 is 34.7 Å². The van der Waals surface area contributed by atoms with E-state index in [1.807, 2.05) is 13.1 Å². The van der Waals surface area contributed by atoms with Gasteiger partial charge in [-0.05, 0) is 13.0 Å². The third kappa shape index (κ3) is 3.80. The molecule has 0 saturated carbocycles. The number of piperazine rings is 1. The fourth-order valence-electron chi connectivity index (χ4n) is 2.60. The third-order valence-electron chi connectivity index (χ3n) is 3.79. The van der Waals surface area contributed by atoms with Crippen LogP contribution in [-0.2, 0) is 6.54 Å². The van der Waals surface area contributed by atoms with Crippen molar-refractivity contribution in [3.8, 4) is 0 Å². The van der Waals surface area contributed by atoms with E-state index in [9.17, 15) is 4.79 Å². The summed E-state index contributed by atoms with van der Waals surface area (Å²) in [5, 5.41) is 10.4. The Labute approximate surface area is 143 Å². The zero-order valence-corrected chi connectivity index (χ0v) is 14.3. The molecule has 0 bridgehead atoms. The van der Waals surface area contributed by atoms with Crippen LogP contribution in [0.4, 0.5) is 5.82 Å². The molecule has 0 aliphatic carbocycles. The van der Waals surface area contributed by atoms with Gasteiger partial charge in [0.25, 0.3) is 0 Å². The van der Waals surface area contributed by atoms with Gasteiger partial charge in [0.2, 0.25) is 0 Å². The standard InChI is InChI=1S/C15H17ClN4O2S/c1-10-17-8-12(23-10)9-19-2-4-20(5-3-19)14-13(16)6-11(7-18-14)15(21)22/h6-8H,2-5,9H2,1H3,(H,21,22). The minimum absolute atomic E-state index is 0.109. The first-order valence-corrected chi connectivity index (χ1v) is 8.50. The maximum absolute atomic E-state index is 10.9. The number of thiazole rings is 1. The predicted octanol–water partition coefficient (Wildman–Crippen LogP) is 2.52. The molecule has 0 amide bonds. The van der Waals surface area contributed by atoms with Crippen LogP contribution in [0.5, 0.6) is 0 Å². The minimum Gasteiger partial charge on any atom is -0.478 e. The first kappa shape index (κ1) is 16.2. The van der Waals surface area contributed by atoms with Crippen molar-refractivity contribution in [2.24, 2.45) is 0 Å². The topological polar surface area (TPSA) is 69.6 Å². The quantitative estimate of drug-likeness (QED) is 0.911. The van der Waals surface area contributed by atoms with Gasteiger partial charge in [0.15, 0.2) is 0 Å². The van der Waals surface area contributed by atoms with E-state index in [0.29, 0.717) is 10.8 Å². The second-order valence-corrected chi connectivity index (χ2v) is 7.17. The lowest BCUT2D eigenvalue weighted by Crippen LogP contribution is -2.46. The molecule has 0 radical (unpaired) electrons. The van der Waals surface area contributed by atoms with Gasteiger partial charge in [-0.15, -0.1) is 11.3 Å². The highest BCUT2D eigenvalue weighted by Crippen LogP contribution is 2.25. The number of pyridine rings is 1. The lowest BCUT2D eigenvalue weighted by Gasteiger charge is -2.35. The maximum Gasteiger partial charge on any atom is 0.337 e. The molecule has 3 heterocycles. The van der Waals surface area contributed by atoms with E-state index in [-0.39, 0.29) is 5.56 Å². The van der Waals surface area contributed by atoms with Gasteiger partial charge >= 0.3 is 5.97 Å². The molecule has 0 unspecified atom stereocenters. The van der Waals surface area contributed by atoms with Crippen molar-refractivity contribution in [1.29, 1.82) is 0 Å².